The average molecular weight is 266 g/mol. The molecule has 2 aliphatic rings. The highest BCUT2D eigenvalue weighted by Gasteiger charge is 2.35. The SMILES string of the molecule is CCC(C)(C)C1CCC(N2CCC(N)CC2C)CC1. The van der Waals surface area contributed by atoms with Gasteiger partial charge in [-0.2, -0.15) is 0 Å². The van der Waals surface area contributed by atoms with Crippen molar-refractivity contribution in [2.75, 3.05) is 6.54 Å². The van der Waals surface area contributed by atoms with Crippen molar-refractivity contribution in [1.29, 1.82) is 0 Å². The van der Waals surface area contributed by atoms with Gasteiger partial charge in [-0.1, -0.05) is 27.2 Å². The molecule has 2 fully saturated rings. The summed E-state index contributed by atoms with van der Waals surface area (Å²) in [6.07, 6.45) is 9.39. The molecule has 1 saturated heterocycles. The van der Waals surface area contributed by atoms with E-state index in [2.05, 4.69) is 32.6 Å². The summed E-state index contributed by atoms with van der Waals surface area (Å²) in [7, 11) is 0. The maximum Gasteiger partial charge on any atom is 0.00983 e. The highest BCUT2D eigenvalue weighted by molar-refractivity contribution is 4.90. The van der Waals surface area contributed by atoms with E-state index in [1.165, 1.54) is 51.5 Å². The molecule has 1 aliphatic heterocycles. The van der Waals surface area contributed by atoms with Crippen molar-refractivity contribution >= 4 is 0 Å². The molecule has 0 aromatic heterocycles. The summed E-state index contributed by atoms with van der Waals surface area (Å²) >= 11 is 0. The lowest BCUT2D eigenvalue weighted by Gasteiger charge is -2.46. The molecule has 19 heavy (non-hydrogen) atoms. The topological polar surface area (TPSA) is 29.3 Å². The van der Waals surface area contributed by atoms with Crippen LogP contribution in [0.3, 0.4) is 0 Å². The molecule has 2 unspecified atom stereocenters. The Hall–Kier alpha value is -0.0800. The van der Waals surface area contributed by atoms with Crippen LogP contribution in [0.25, 0.3) is 0 Å². The molecule has 1 heterocycles. The van der Waals surface area contributed by atoms with E-state index >= 15 is 0 Å². The highest BCUT2D eigenvalue weighted by Crippen LogP contribution is 2.42. The second kappa shape index (κ2) is 6.13. The fourth-order valence-electron chi connectivity index (χ4n) is 4.25. The van der Waals surface area contributed by atoms with Crippen molar-refractivity contribution in [2.24, 2.45) is 17.1 Å². The first-order valence-electron chi connectivity index (χ1n) is 8.45. The van der Waals surface area contributed by atoms with Crippen molar-refractivity contribution in [1.82, 2.24) is 4.90 Å². The molecule has 0 radical (unpaired) electrons. The summed E-state index contributed by atoms with van der Waals surface area (Å²) in [6.45, 7) is 10.9. The lowest BCUT2D eigenvalue weighted by atomic mass is 9.68. The van der Waals surface area contributed by atoms with Crippen LogP contribution in [0, 0.1) is 11.3 Å². The summed E-state index contributed by atoms with van der Waals surface area (Å²) in [6, 6.07) is 1.98. The zero-order valence-corrected chi connectivity index (χ0v) is 13.5. The normalized spacial score (nSPS) is 38.4. The molecule has 2 N–H and O–H groups in total. The van der Waals surface area contributed by atoms with E-state index in [4.69, 9.17) is 5.73 Å². The number of hydrogen-bond acceptors (Lipinski definition) is 2. The average Bonchev–Trinajstić information content (AvgIpc) is 2.39. The number of hydrogen-bond donors (Lipinski definition) is 1. The van der Waals surface area contributed by atoms with Crippen molar-refractivity contribution in [3.8, 4) is 0 Å². The Labute approximate surface area is 120 Å². The number of nitrogens with two attached hydrogens (primary N) is 1. The van der Waals surface area contributed by atoms with E-state index in [-0.39, 0.29) is 0 Å². The number of piperidine rings is 1. The molecule has 2 rings (SSSR count). The van der Waals surface area contributed by atoms with Crippen LogP contribution in [0.1, 0.15) is 72.6 Å². The first kappa shape index (κ1) is 15.3. The molecule has 2 atom stereocenters. The molecule has 1 aliphatic carbocycles. The molecule has 2 heteroatoms. The van der Waals surface area contributed by atoms with Gasteiger partial charge in [-0.15, -0.1) is 0 Å². The monoisotopic (exact) mass is 266 g/mol. The van der Waals surface area contributed by atoms with Crippen LogP contribution in [0.5, 0.6) is 0 Å². The summed E-state index contributed by atoms with van der Waals surface area (Å²) in [5.74, 6) is 0.941. The minimum atomic E-state index is 0.446. The van der Waals surface area contributed by atoms with E-state index in [1.54, 1.807) is 0 Å². The molecular formula is C17H34N2. The Bertz CT molecular complexity index is 279. The first-order chi connectivity index (χ1) is 8.94. The van der Waals surface area contributed by atoms with Gasteiger partial charge >= 0.3 is 0 Å². The highest BCUT2D eigenvalue weighted by atomic mass is 15.2. The van der Waals surface area contributed by atoms with Gasteiger partial charge in [-0.3, -0.25) is 4.90 Å². The molecular weight excluding hydrogens is 232 g/mol. The number of likely N-dealkylation sites (tertiary alicyclic amines) is 1. The quantitative estimate of drug-likeness (QED) is 0.842. The smallest absolute Gasteiger partial charge is 0.00983 e. The lowest BCUT2D eigenvalue weighted by molar-refractivity contribution is 0.0424. The van der Waals surface area contributed by atoms with Gasteiger partial charge in [0.15, 0.2) is 0 Å². The molecule has 0 amide bonds. The van der Waals surface area contributed by atoms with Crippen molar-refractivity contribution in [2.45, 2.75) is 90.8 Å². The number of nitrogens with zero attached hydrogens (tertiary/aromatic N) is 1. The van der Waals surface area contributed by atoms with Crippen LogP contribution < -0.4 is 5.73 Å². The van der Waals surface area contributed by atoms with E-state index in [1.807, 2.05) is 0 Å². The predicted octanol–water partition coefficient (Wildman–Crippen LogP) is 3.79. The fraction of sp³-hybridized carbons (Fsp3) is 1.00. The lowest BCUT2D eigenvalue weighted by Crippen LogP contribution is -2.51. The first-order valence-corrected chi connectivity index (χ1v) is 8.45. The van der Waals surface area contributed by atoms with Crippen molar-refractivity contribution < 1.29 is 0 Å². The Kier molecular flexibility index (Phi) is 4.94. The van der Waals surface area contributed by atoms with Crippen LogP contribution >= 0.6 is 0 Å². The second-order valence-electron chi connectivity index (χ2n) is 7.72. The van der Waals surface area contributed by atoms with Crippen molar-refractivity contribution in [3.05, 3.63) is 0 Å². The Morgan fingerprint density at radius 1 is 1.11 bits per heavy atom. The third kappa shape index (κ3) is 3.52. The van der Waals surface area contributed by atoms with Crippen LogP contribution in [0.2, 0.25) is 0 Å². The van der Waals surface area contributed by atoms with Crippen LogP contribution in [0.4, 0.5) is 0 Å². The molecule has 0 spiro atoms. The standard InChI is InChI=1S/C17H34N2/c1-5-17(3,4)14-6-8-16(9-7-14)19-11-10-15(18)12-13(19)2/h13-16H,5-12,18H2,1-4H3. The van der Waals surface area contributed by atoms with E-state index < -0.39 is 0 Å². The van der Waals surface area contributed by atoms with Crippen LogP contribution in [-0.2, 0) is 0 Å². The van der Waals surface area contributed by atoms with Gasteiger partial charge < -0.3 is 5.73 Å². The minimum Gasteiger partial charge on any atom is -0.328 e. The fourth-order valence-corrected chi connectivity index (χ4v) is 4.25. The second-order valence-corrected chi connectivity index (χ2v) is 7.72. The predicted molar refractivity (Wildman–Crippen MR) is 83.2 cm³/mol. The summed E-state index contributed by atoms with van der Waals surface area (Å²) in [5.41, 5.74) is 6.63. The van der Waals surface area contributed by atoms with Gasteiger partial charge in [0, 0.05) is 24.7 Å². The molecule has 0 aromatic carbocycles. The third-order valence-corrected chi connectivity index (χ3v) is 6.15. The van der Waals surface area contributed by atoms with Gasteiger partial charge in [0.1, 0.15) is 0 Å². The summed E-state index contributed by atoms with van der Waals surface area (Å²) in [5, 5.41) is 0. The molecule has 0 aromatic rings. The summed E-state index contributed by atoms with van der Waals surface area (Å²) in [4.78, 5) is 2.76. The van der Waals surface area contributed by atoms with Crippen LogP contribution in [-0.4, -0.2) is 29.6 Å². The largest absolute Gasteiger partial charge is 0.328 e. The Balaban J connectivity index is 1.86. The Morgan fingerprint density at radius 3 is 2.26 bits per heavy atom. The Morgan fingerprint density at radius 2 is 1.74 bits per heavy atom. The maximum atomic E-state index is 6.09. The summed E-state index contributed by atoms with van der Waals surface area (Å²) < 4.78 is 0. The van der Waals surface area contributed by atoms with Crippen molar-refractivity contribution in [3.63, 3.8) is 0 Å². The molecule has 112 valence electrons. The molecule has 2 nitrogen and oxygen atoms in total. The van der Waals surface area contributed by atoms with E-state index in [0.717, 1.165) is 12.0 Å². The zero-order chi connectivity index (χ0) is 14.0. The van der Waals surface area contributed by atoms with Gasteiger partial charge in [-0.25, -0.2) is 0 Å². The van der Waals surface area contributed by atoms with Gasteiger partial charge in [-0.05, 0) is 56.8 Å². The van der Waals surface area contributed by atoms with Gasteiger partial charge in [0.2, 0.25) is 0 Å². The third-order valence-electron chi connectivity index (χ3n) is 6.15. The van der Waals surface area contributed by atoms with E-state index in [0.29, 0.717) is 17.5 Å². The number of rotatable bonds is 3. The van der Waals surface area contributed by atoms with Crippen LogP contribution in [0.15, 0.2) is 0 Å². The van der Waals surface area contributed by atoms with Gasteiger partial charge in [0.25, 0.3) is 0 Å². The van der Waals surface area contributed by atoms with E-state index in [9.17, 15) is 0 Å². The maximum absolute atomic E-state index is 6.09. The molecule has 1 saturated carbocycles. The zero-order valence-electron chi connectivity index (χ0n) is 13.5. The van der Waals surface area contributed by atoms with Gasteiger partial charge in [0.05, 0.1) is 0 Å². The minimum absolute atomic E-state index is 0.446. The molecule has 0 bridgehead atoms.